The van der Waals surface area contributed by atoms with Crippen molar-refractivity contribution in [2.24, 2.45) is 7.05 Å². The summed E-state index contributed by atoms with van der Waals surface area (Å²) in [5, 5.41) is 1.27. The lowest BCUT2D eigenvalue weighted by atomic mass is 10.0. The van der Waals surface area contributed by atoms with Crippen LogP contribution in [0.25, 0.3) is 22.0 Å². The molecular formula is C16H16N2. The van der Waals surface area contributed by atoms with Crippen LogP contribution in [0.3, 0.4) is 0 Å². The third-order valence-electron chi connectivity index (χ3n) is 3.49. The minimum atomic E-state index is 0.847. The van der Waals surface area contributed by atoms with Crippen molar-refractivity contribution in [3.63, 3.8) is 0 Å². The Kier molecular flexibility index (Phi) is 2.37. The first-order valence-corrected chi connectivity index (χ1v) is 6.07. The lowest BCUT2D eigenvalue weighted by Crippen LogP contribution is -1.89. The molecule has 0 saturated heterocycles. The Labute approximate surface area is 107 Å². The third kappa shape index (κ3) is 1.66. The normalized spacial score (nSPS) is 11.0. The molecule has 1 heterocycles. The van der Waals surface area contributed by atoms with Gasteiger partial charge < -0.3 is 10.3 Å². The molecular weight excluding hydrogens is 220 g/mol. The summed E-state index contributed by atoms with van der Waals surface area (Å²) in [6, 6.07) is 14.9. The summed E-state index contributed by atoms with van der Waals surface area (Å²) in [6.07, 6.45) is 2.09. The number of rotatable bonds is 1. The van der Waals surface area contributed by atoms with Crippen LogP contribution in [-0.4, -0.2) is 4.57 Å². The molecule has 18 heavy (non-hydrogen) atoms. The van der Waals surface area contributed by atoms with Crippen molar-refractivity contribution in [1.82, 2.24) is 4.57 Å². The second kappa shape index (κ2) is 3.91. The summed E-state index contributed by atoms with van der Waals surface area (Å²) in [5.41, 5.74) is 11.5. The zero-order chi connectivity index (χ0) is 12.7. The van der Waals surface area contributed by atoms with E-state index in [2.05, 4.69) is 54.2 Å². The summed E-state index contributed by atoms with van der Waals surface area (Å²) < 4.78 is 2.13. The van der Waals surface area contributed by atoms with Gasteiger partial charge in [-0.25, -0.2) is 0 Å². The van der Waals surface area contributed by atoms with E-state index in [1.807, 2.05) is 13.0 Å². The number of nitrogens with zero attached hydrogens (tertiary/aromatic N) is 1. The number of benzene rings is 2. The fourth-order valence-corrected chi connectivity index (χ4v) is 2.32. The van der Waals surface area contributed by atoms with Crippen LogP contribution in [0, 0.1) is 6.92 Å². The summed E-state index contributed by atoms with van der Waals surface area (Å²) in [4.78, 5) is 0. The van der Waals surface area contributed by atoms with Gasteiger partial charge in [-0.1, -0.05) is 12.1 Å². The minimum absolute atomic E-state index is 0.847. The molecule has 0 spiro atoms. The molecule has 1 aromatic heterocycles. The van der Waals surface area contributed by atoms with E-state index in [-0.39, 0.29) is 0 Å². The SMILES string of the molecule is Cc1cc(-c2ccc3c(ccn3C)c2)ccc1N. The van der Waals surface area contributed by atoms with E-state index >= 15 is 0 Å². The number of fused-ring (bicyclic) bond motifs is 1. The minimum Gasteiger partial charge on any atom is -0.399 e. The van der Waals surface area contributed by atoms with Gasteiger partial charge in [0.05, 0.1) is 0 Å². The van der Waals surface area contributed by atoms with Gasteiger partial charge in [-0.15, -0.1) is 0 Å². The highest BCUT2D eigenvalue weighted by molar-refractivity contribution is 5.86. The summed E-state index contributed by atoms with van der Waals surface area (Å²) in [7, 11) is 2.06. The molecule has 0 atom stereocenters. The van der Waals surface area contributed by atoms with Crippen LogP contribution >= 0.6 is 0 Å². The summed E-state index contributed by atoms with van der Waals surface area (Å²) in [5.74, 6) is 0. The zero-order valence-corrected chi connectivity index (χ0v) is 10.6. The predicted octanol–water partition coefficient (Wildman–Crippen LogP) is 3.74. The third-order valence-corrected chi connectivity index (χ3v) is 3.49. The first kappa shape index (κ1) is 10.9. The Hall–Kier alpha value is -2.22. The van der Waals surface area contributed by atoms with E-state index < -0.39 is 0 Å². The first-order valence-electron chi connectivity index (χ1n) is 6.07. The standard InChI is InChI=1S/C16H16N2/c1-11-9-12(3-5-15(11)17)13-4-6-16-14(10-13)7-8-18(16)2/h3-10H,17H2,1-2H3. The van der Waals surface area contributed by atoms with Crippen LogP contribution in [0.5, 0.6) is 0 Å². The molecule has 2 N–H and O–H groups in total. The van der Waals surface area contributed by atoms with Gasteiger partial charge >= 0.3 is 0 Å². The molecule has 0 saturated carbocycles. The molecule has 2 nitrogen and oxygen atoms in total. The molecule has 0 radical (unpaired) electrons. The number of hydrogen-bond donors (Lipinski definition) is 1. The van der Waals surface area contributed by atoms with Crippen LogP contribution in [0.4, 0.5) is 5.69 Å². The maximum absolute atomic E-state index is 5.86. The molecule has 0 aliphatic rings. The molecule has 90 valence electrons. The molecule has 3 rings (SSSR count). The Bertz CT molecular complexity index is 723. The van der Waals surface area contributed by atoms with Crippen molar-refractivity contribution in [1.29, 1.82) is 0 Å². The first-order chi connectivity index (χ1) is 8.65. The van der Waals surface area contributed by atoms with E-state index in [1.165, 1.54) is 22.0 Å². The topological polar surface area (TPSA) is 30.9 Å². The van der Waals surface area contributed by atoms with Gasteiger partial charge in [-0.05, 0) is 53.9 Å². The molecule has 0 amide bonds. The van der Waals surface area contributed by atoms with Crippen molar-refractivity contribution >= 4 is 16.6 Å². The van der Waals surface area contributed by atoms with Gasteiger partial charge in [0.2, 0.25) is 0 Å². The van der Waals surface area contributed by atoms with E-state index in [1.54, 1.807) is 0 Å². The molecule has 2 aromatic carbocycles. The van der Waals surface area contributed by atoms with Gasteiger partial charge in [0, 0.05) is 29.8 Å². The van der Waals surface area contributed by atoms with Gasteiger partial charge in [-0.2, -0.15) is 0 Å². The van der Waals surface area contributed by atoms with Crippen LogP contribution in [-0.2, 0) is 7.05 Å². The zero-order valence-electron chi connectivity index (χ0n) is 10.6. The van der Waals surface area contributed by atoms with Crippen molar-refractivity contribution in [3.05, 3.63) is 54.2 Å². The highest BCUT2D eigenvalue weighted by Crippen LogP contribution is 2.27. The average Bonchev–Trinajstić information content (AvgIpc) is 2.74. The quantitative estimate of drug-likeness (QED) is 0.641. The van der Waals surface area contributed by atoms with Crippen LogP contribution < -0.4 is 5.73 Å². The molecule has 0 fully saturated rings. The average molecular weight is 236 g/mol. The number of anilines is 1. The molecule has 3 aromatic rings. The van der Waals surface area contributed by atoms with E-state index in [9.17, 15) is 0 Å². The lowest BCUT2D eigenvalue weighted by Gasteiger charge is -2.06. The van der Waals surface area contributed by atoms with Crippen LogP contribution in [0.2, 0.25) is 0 Å². The lowest BCUT2D eigenvalue weighted by molar-refractivity contribution is 0.969. The van der Waals surface area contributed by atoms with Gasteiger partial charge in [0.1, 0.15) is 0 Å². The second-order valence-corrected chi connectivity index (χ2v) is 4.77. The molecule has 0 unspecified atom stereocenters. The Morgan fingerprint density at radius 3 is 2.44 bits per heavy atom. The number of aromatic nitrogens is 1. The molecule has 0 aliphatic carbocycles. The molecule has 0 aliphatic heterocycles. The van der Waals surface area contributed by atoms with E-state index in [4.69, 9.17) is 5.73 Å². The molecule has 0 bridgehead atoms. The van der Waals surface area contributed by atoms with Crippen LogP contribution in [0.15, 0.2) is 48.7 Å². The Balaban J connectivity index is 2.16. The largest absolute Gasteiger partial charge is 0.399 e. The Morgan fingerprint density at radius 2 is 1.67 bits per heavy atom. The van der Waals surface area contributed by atoms with Gasteiger partial charge in [0.25, 0.3) is 0 Å². The maximum Gasteiger partial charge on any atom is 0.0478 e. The number of aryl methyl sites for hydroxylation is 2. The fourth-order valence-electron chi connectivity index (χ4n) is 2.32. The Morgan fingerprint density at radius 1 is 0.944 bits per heavy atom. The monoisotopic (exact) mass is 236 g/mol. The van der Waals surface area contributed by atoms with Crippen LogP contribution in [0.1, 0.15) is 5.56 Å². The fraction of sp³-hybridized carbons (Fsp3) is 0.125. The van der Waals surface area contributed by atoms with Crippen molar-refractivity contribution in [3.8, 4) is 11.1 Å². The highest BCUT2D eigenvalue weighted by atomic mass is 14.9. The van der Waals surface area contributed by atoms with E-state index in [0.29, 0.717) is 0 Å². The smallest absolute Gasteiger partial charge is 0.0478 e. The predicted molar refractivity (Wildman–Crippen MR) is 77.5 cm³/mol. The maximum atomic E-state index is 5.86. The molecule has 2 heteroatoms. The number of nitrogen functional groups attached to an aromatic ring is 1. The van der Waals surface area contributed by atoms with Crippen molar-refractivity contribution < 1.29 is 0 Å². The van der Waals surface area contributed by atoms with Crippen molar-refractivity contribution in [2.75, 3.05) is 5.73 Å². The summed E-state index contributed by atoms with van der Waals surface area (Å²) >= 11 is 0. The number of hydrogen-bond acceptors (Lipinski definition) is 1. The number of nitrogens with two attached hydrogens (primary N) is 1. The summed E-state index contributed by atoms with van der Waals surface area (Å²) in [6.45, 7) is 2.04. The van der Waals surface area contributed by atoms with Crippen molar-refractivity contribution in [2.45, 2.75) is 6.92 Å². The van der Waals surface area contributed by atoms with Gasteiger partial charge in [0.15, 0.2) is 0 Å². The highest BCUT2D eigenvalue weighted by Gasteiger charge is 2.03. The van der Waals surface area contributed by atoms with E-state index in [0.717, 1.165) is 11.3 Å². The van der Waals surface area contributed by atoms with Gasteiger partial charge in [-0.3, -0.25) is 0 Å². The second-order valence-electron chi connectivity index (χ2n) is 4.77.